The second-order valence-corrected chi connectivity index (χ2v) is 3.53. The van der Waals surface area contributed by atoms with Crippen molar-refractivity contribution in [3.63, 3.8) is 0 Å². The number of hydrogen-bond donors (Lipinski definition) is 2. The normalized spacial score (nSPS) is 12.2. The van der Waals surface area contributed by atoms with Crippen LogP contribution in [-0.4, -0.2) is 68.4 Å². The van der Waals surface area contributed by atoms with Crippen LogP contribution in [0, 0.1) is 0 Å². The Morgan fingerprint density at radius 3 is 2.35 bits per heavy atom. The summed E-state index contributed by atoms with van der Waals surface area (Å²) in [4.78, 5) is 23.6. The van der Waals surface area contributed by atoms with Crippen molar-refractivity contribution in [2.45, 2.75) is 12.5 Å². The lowest BCUT2D eigenvalue weighted by molar-refractivity contribution is -0.145. The van der Waals surface area contributed by atoms with E-state index in [1.54, 1.807) is 0 Å². The van der Waals surface area contributed by atoms with Gasteiger partial charge in [0.15, 0.2) is 0 Å². The fraction of sp³-hybridized carbons (Fsp3) is 0.800. The highest BCUT2D eigenvalue weighted by atomic mass is 16.5. The van der Waals surface area contributed by atoms with Crippen molar-refractivity contribution >= 4 is 11.9 Å². The Morgan fingerprint density at radius 1 is 1.29 bits per heavy atom. The third-order valence-electron chi connectivity index (χ3n) is 2.15. The lowest BCUT2D eigenvalue weighted by atomic mass is 10.2. The zero-order chi connectivity index (χ0) is 13.3. The van der Waals surface area contributed by atoms with Crippen molar-refractivity contribution in [1.29, 1.82) is 0 Å². The summed E-state index contributed by atoms with van der Waals surface area (Å²) in [6.45, 7) is 0.472. The number of ether oxygens (including phenoxy) is 2. The Balaban J connectivity index is 4.33. The van der Waals surface area contributed by atoms with E-state index in [0.717, 1.165) is 0 Å². The molecule has 0 aromatic rings. The number of nitrogens with two attached hydrogens (primary N) is 1. The molecule has 0 radical (unpaired) electrons. The Kier molecular flexibility index (Phi) is 8.29. The second kappa shape index (κ2) is 8.91. The van der Waals surface area contributed by atoms with Gasteiger partial charge in [-0.3, -0.25) is 9.59 Å². The number of carboxylic acid groups (broad SMARTS) is 1. The molecule has 7 heteroatoms. The summed E-state index contributed by atoms with van der Waals surface area (Å²) in [5.41, 5.74) is 5.65. The maximum atomic E-state index is 11.8. The number of carbonyl (C=O) groups excluding carboxylic acids is 1. The minimum absolute atomic E-state index is 0.211. The minimum Gasteiger partial charge on any atom is -0.480 e. The Labute approximate surface area is 100 Å². The summed E-state index contributed by atoms with van der Waals surface area (Å²) in [5, 5.41) is 8.69. The van der Waals surface area contributed by atoms with Crippen LogP contribution in [0.4, 0.5) is 0 Å². The van der Waals surface area contributed by atoms with Crippen molar-refractivity contribution in [1.82, 2.24) is 4.90 Å². The molecule has 0 aliphatic carbocycles. The van der Waals surface area contributed by atoms with Crippen LogP contribution >= 0.6 is 0 Å². The van der Waals surface area contributed by atoms with E-state index in [-0.39, 0.29) is 19.7 Å². The van der Waals surface area contributed by atoms with Crippen LogP contribution in [0.2, 0.25) is 0 Å². The average molecular weight is 248 g/mol. The first kappa shape index (κ1) is 15.8. The summed E-state index contributed by atoms with van der Waals surface area (Å²) in [5.74, 6) is -1.48. The van der Waals surface area contributed by atoms with Crippen LogP contribution in [0.25, 0.3) is 0 Å². The lowest BCUT2D eigenvalue weighted by Crippen LogP contribution is -2.47. The number of carboxylic acids is 1. The highest BCUT2D eigenvalue weighted by Gasteiger charge is 2.22. The van der Waals surface area contributed by atoms with Crippen LogP contribution in [0.3, 0.4) is 0 Å². The van der Waals surface area contributed by atoms with Gasteiger partial charge < -0.3 is 25.2 Å². The molecule has 0 aromatic heterocycles. The number of rotatable bonds is 9. The largest absolute Gasteiger partial charge is 0.480 e. The molecule has 0 spiro atoms. The average Bonchev–Trinajstić information content (AvgIpc) is 2.29. The van der Waals surface area contributed by atoms with Gasteiger partial charge in [0.2, 0.25) is 5.91 Å². The van der Waals surface area contributed by atoms with E-state index < -0.39 is 17.9 Å². The molecule has 1 unspecified atom stereocenters. The summed E-state index contributed by atoms with van der Waals surface area (Å²) >= 11 is 0. The van der Waals surface area contributed by atoms with E-state index in [1.165, 1.54) is 19.1 Å². The van der Waals surface area contributed by atoms with Gasteiger partial charge in [0.05, 0.1) is 12.6 Å². The molecule has 0 bridgehead atoms. The van der Waals surface area contributed by atoms with E-state index in [2.05, 4.69) is 0 Å². The molecule has 3 N–H and O–H groups in total. The quantitative estimate of drug-likeness (QED) is 0.537. The van der Waals surface area contributed by atoms with E-state index in [1.807, 2.05) is 0 Å². The maximum Gasteiger partial charge on any atom is 0.323 e. The van der Waals surface area contributed by atoms with Crippen LogP contribution in [0.5, 0.6) is 0 Å². The highest BCUT2D eigenvalue weighted by molar-refractivity contribution is 5.85. The summed E-state index contributed by atoms with van der Waals surface area (Å²) in [6, 6.07) is -0.744. The van der Waals surface area contributed by atoms with Gasteiger partial charge in [0.1, 0.15) is 6.54 Å². The van der Waals surface area contributed by atoms with Crippen molar-refractivity contribution in [2.75, 3.05) is 40.5 Å². The van der Waals surface area contributed by atoms with Crippen LogP contribution in [-0.2, 0) is 19.1 Å². The monoisotopic (exact) mass is 248 g/mol. The first-order valence-electron chi connectivity index (χ1n) is 5.27. The second-order valence-electron chi connectivity index (χ2n) is 3.53. The molecule has 0 rings (SSSR count). The third kappa shape index (κ3) is 6.88. The van der Waals surface area contributed by atoms with Crippen LogP contribution in [0.1, 0.15) is 6.42 Å². The standard InChI is InChI=1S/C10H20N2O5/c1-16-5-3-8(11)10(15)12(4-6-17-2)7-9(13)14/h8H,3-7,11H2,1-2H3,(H,13,14). The number of amides is 1. The Bertz CT molecular complexity index is 247. The highest BCUT2D eigenvalue weighted by Crippen LogP contribution is 1.98. The molecule has 0 aliphatic rings. The zero-order valence-electron chi connectivity index (χ0n) is 10.2. The van der Waals surface area contributed by atoms with Gasteiger partial charge in [-0.15, -0.1) is 0 Å². The lowest BCUT2D eigenvalue weighted by Gasteiger charge is -2.23. The topological polar surface area (TPSA) is 102 Å². The van der Waals surface area contributed by atoms with Crippen molar-refractivity contribution in [3.8, 4) is 0 Å². The molecule has 100 valence electrons. The molecule has 0 aliphatic heterocycles. The van der Waals surface area contributed by atoms with Gasteiger partial charge in [0, 0.05) is 27.4 Å². The number of aliphatic carboxylic acids is 1. The van der Waals surface area contributed by atoms with Crippen molar-refractivity contribution in [3.05, 3.63) is 0 Å². The van der Waals surface area contributed by atoms with E-state index in [9.17, 15) is 9.59 Å². The van der Waals surface area contributed by atoms with E-state index >= 15 is 0 Å². The van der Waals surface area contributed by atoms with Gasteiger partial charge in [-0.05, 0) is 6.42 Å². The maximum absolute atomic E-state index is 11.8. The fourth-order valence-electron chi connectivity index (χ4n) is 1.23. The van der Waals surface area contributed by atoms with Gasteiger partial charge in [-0.25, -0.2) is 0 Å². The summed E-state index contributed by atoms with van der Waals surface area (Å²) in [6.07, 6.45) is 0.360. The molecule has 7 nitrogen and oxygen atoms in total. The molecule has 1 amide bonds. The predicted molar refractivity (Wildman–Crippen MR) is 60.6 cm³/mol. The fourth-order valence-corrected chi connectivity index (χ4v) is 1.23. The third-order valence-corrected chi connectivity index (χ3v) is 2.15. The number of hydrogen-bond acceptors (Lipinski definition) is 5. The van der Waals surface area contributed by atoms with Gasteiger partial charge >= 0.3 is 5.97 Å². The molecule has 0 saturated heterocycles. The summed E-state index contributed by atoms with van der Waals surface area (Å²) < 4.78 is 9.63. The van der Waals surface area contributed by atoms with Crippen molar-refractivity contribution < 1.29 is 24.2 Å². The minimum atomic E-state index is -1.08. The predicted octanol–water partition coefficient (Wildman–Crippen LogP) is -1.09. The molecule has 1 atom stereocenters. The van der Waals surface area contributed by atoms with Crippen LogP contribution < -0.4 is 5.73 Å². The van der Waals surface area contributed by atoms with E-state index in [0.29, 0.717) is 13.0 Å². The van der Waals surface area contributed by atoms with E-state index in [4.69, 9.17) is 20.3 Å². The Morgan fingerprint density at radius 2 is 1.88 bits per heavy atom. The van der Waals surface area contributed by atoms with Crippen LogP contribution in [0.15, 0.2) is 0 Å². The summed E-state index contributed by atoms with van der Waals surface area (Å²) in [7, 11) is 2.99. The zero-order valence-corrected chi connectivity index (χ0v) is 10.2. The number of carbonyl (C=O) groups is 2. The molecule has 0 aromatic carbocycles. The number of nitrogens with zero attached hydrogens (tertiary/aromatic N) is 1. The first-order valence-corrected chi connectivity index (χ1v) is 5.27. The smallest absolute Gasteiger partial charge is 0.323 e. The molecule has 0 fully saturated rings. The molecule has 17 heavy (non-hydrogen) atoms. The SMILES string of the molecule is COCCC(N)C(=O)N(CCOC)CC(=O)O. The van der Waals surface area contributed by atoms with Gasteiger partial charge in [-0.1, -0.05) is 0 Å². The Hall–Kier alpha value is -1.18. The number of methoxy groups -OCH3 is 2. The first-order chi connectivity index (χ1) is 8.02. The van der Waals surface area contributed by atoms with Gasteiger partial charge in [-0.2, -0.15) is 0 Å². The molecular formula is C10H20N2O5. The molecule has 0 heterocycles. The van der Waals surface area contributed by atoms with Gasteiger partial charge in [0.25, 0.3) is 0 Å². The molecule has 0 saturated carbocycles. The van der Waals surface area contributed by atoms with Crippen molar-refractivity contribution in [2.24, 2.45) is 5.73 Å². The molecular weight excluding hydrogens is 228 g/mol.